The number of carbonyl (C=O) groups excluding carboxylic acids is 2. The summed E-state index contributed by atoms with van der Waals surface area (Å²) in [7, 11) is 0. The Morgan fingerprint density at radius 3 is 2.24 bits per heavy atom. The van der Waals surface area contributed by atoms with E-state index in [9.17, 15) is 14.1 Å². The maximum Gasteiger partial charge on any atom is 0.226 e. The topological polar surface area (TPSA) is 61.6 Å². The van der Waals surface area contributed by atoms with Crippen molar-refractivity contribution >= 4 is 22.7 Å². The van der Waals surface area contributed by atoms with Crippen LogP contribution in [0, 0.1) is 62.7 Å². The van der Waals surface area contributed by atoms with E-state index in [0.717, 1.165) is 49.8 Å². The highest BCUT2D eigenvalue weighted by Gasteiger charge is 2.72. The lowest BCUT2D eigenvalue weighted by atomic mass is 9.32. The van der Waals surface area contributed by atoms with Gasteiger partial charge in [0, 0.05) is 23.2 Å². The standard InChI is InChI=1S/C37H49NO3S/c1-32(2)16-18-37(23-42(41)24-12-10-9-11-13-24)19-17-36(7)30(25(37)21-32)27(39)20-29-34(5)22-26(38-8)31(40)33(3,4)28(34)14-15-35(29,36)6/h9-13,22,25,28-30H,14-21,23H2,1-7H3/t25-,28-,29+,30-,34-,35+,36+,37+,42?/m0/s1. The molecule has 0 radical (unpaired) electrons. The molecule has 9 atom stereocenters. The summed E-state index contributed by atoms with van der Waals surface area (Å²) in [4.78, 5) is 32.7. The average Bonchev–Trinajstić information content (AvgIpc) is 2.93. The number of allylic oxidation sites excluding steroid dienone is 2. The fourth-order valence-corrected chi connectivity index (χ4v) is 13.2. The fourth-order valence-electron chi connectivity index (χ4n) is 11.6. The maximum atomic E-state index is 14.8. The molecule has 1 unspecified atom stereocenters. The van der Waals surface area contributed by atoms with Gasteiger partial charge in [0.25, 0.3) is 0 Å². The molecule has 42 heavy (non-hydrogen) atoms. The molecular weight excluding hydrogens is 538 g/mol. The molecule has 1 aromatic carbocycles. The number of ketones is 2. The number of nitrogens with zero attached hydrogens (tertiary/aromatic N) is 1. The molecule has 0 N–H and O–H groups in total. The Labute approximate surface area is 256 Å². The third-order valence-electron chi connectivity index (χ3n) is 14.1. The van der Waals surface area contributed by atoms with Crippen LogP contribution >= 0.6 is 0 Å². The van der Waals surface area contributed by atoms with E-state index in [1.807, 2.05) is 50.3 Å². The molecule has 0 heterocycles. The lowest BCUT2D eigenvalue weighted by Gasteiger charge is -2.72. The van der Waals surface area contributed by atoms with Gasteiger partial charge in [0.05, 0.1) is 6.57 Å². The number of Topliss-reactive ketones (excluding diaryl/α,β-unsaturated/α-hetero) is 2. The van der Waals surface area contributed by atoms with Crippen molar-refractivity contribution in [1.82, 2.24) is 0 Å². The van der Waals surface area contributed by atoms with Gasteiger partial charge >= 0.3 is 0 Å². The summed E-state index contributed by atoms with van der Waals surface area (Å²) in [5.74, 6) is 1.40. The minimum absolute atomic E-state index is 0.0342. The molecule has 4 saturated carbocycles. The SMILES string of the molecule is [C-]#[N+]C1=C[C@]2(C)[C@H]3CC(=O)[C@@H]4[C@@H]5CC(C)(C)CC[C@]5(C[S+]([O-])c5ccccc5)CC[C@@]4(C)[C@]3(C)CC[C@H]2C(C)(C)C1=O. The maximum absolute atomic E-state index is 14.8. The Kier molecular flexibility index (Phi) is 6.85. The Bertz CT molecular complexity index is 1370. The van der Waals surface area contributed by atoms with E-state index in [2.05, 4.69) is 39.5 Å². The number of hydrogen-bond donors (Lipinski definition) is 0. The second-order valence-corrected chi connectivity index (χ2v) is 18.3. The van der Waals surface area contributed by atoms with Crippen LogP contribution in [0.25, 0.3) is 4.85 Å². The van der Waals surface area contributed by atoms with Gasteiger partial charge in [-0.25, -0.2) is 4.85 Å². The monoisotopic (exact) mass is 587 g/mol. The molecule has 0 saturated heterocycles. The second-order valence-electron chi connectivity index (χ2n) is 16.8. The molecule has 226 valence electrons. The third kappa shape index (κ3) is 4.03. The zero-order chi connectivity index (χ0) is 30.5. The van der Waals surface area contributed by atoms with Crippen molar-refractivity contribution in [3.8, 4) is 0 Å². The van der Waals surface area contributed by atoms with Crippen LogP contribution in [0.5, 0.6) is 0 Å². The lowest BCUT2D eigenvalue weighted by Crippen LogP contribution is -2.69. The Morgan fingerprint density at radius 2 is 1.57 bits per heavy atom. The molecule has 5 aliphatic rings. The van der Waals surface area contributed by atoms with Gasteiger partial charge in [0.2, 0.25) is 5.70 Å². The molecule has 0 aromatic heterocycles. The van der Waals surface area contributed by atoms with Gasteiger partial charge < -0.3 is 9.35 Å². The predicted octanol–water partition coefficient (Wildman–Crippen LogP) is 8.45. The average molecular weight is 588 g/mol. The first-order chi connectivity index (χ1) is 19.5. The normalized spacial score (nSPS) is 44.4. The van der Waals surface area contributed by atoms with Crippen LogP contribution < -0.4 is 0 Å². The van der Waals surface area contributed by atoms with Crippen LogP contribution in [0.4, 0.5) is 0 Å². The van der Waals surface area contributed by atoms with Crippen LogP contribution in [0.1, 0.15) is 99.8 Å². The first kappa shape index (κ1) is 30.1. The van der Waals surface area contributed by atoms with E-state index in [-0.39, 0.29) is 62.2 Å². The molecule has 0 spiro atoms. The molecule has 0 aliphatic heterocycles. The minimum atomic E-state index is -1.10. The highest BCUT2D eigenvalue weighted by Crippen LogP contribution is 2.76. The zero-order valence-electron chi connectivity index (χ0n) is 26.7. The molecular formula is C37H49NO3S. The Hall–Kier alpha value is -1.90. The summed E-state index contributed by atoms with van der Waals surface area (Å²) in [6.45, 7) is 23.7. The molecule has 5 aliphatic carbocycles. The zero-order valence-corrected chi connectivity index (χ0v) is 27.5. The van der Waals surface area contributed by atoms with Crippen molar-refractivity contribution in [1.29, 1.82) is 0 Å². The van der Waals surface area contributed by atoms with Crippen molar-refractivity contribution in [2.45, 2.75) is 105 Å². The highest BCUT2D eigenvalue weighted by atomic mass is 32.2. The largest absolute Gasteiger partial charge is 0.611 e. The number of hydrogen-bond acceptors (Lipinski definition) is 3. The van der Waals surface area contributed by atoms with Crippen LogP contribution in [0.3, 0.4) is 0 Å². The predicted molar refractivity (Wildman–Crippen MR) is 168 cm³/mol. The van der Waals surface area contributed by atoms with E-state index in [0.29, 0.717) is 18.0 Å². The van der Waals surface area contributed by atoms with Crippen LogP contribution in [-0.2, 0) is 20.8 Å². The van der Waals surface area contributed by atoms with Crippen LogP contribution in [0.15, 0.2) is 47.0 Å². The summed E-state index contributed by atoms with van der Waals surface area (Å²) >= 11 is -1.10. The number of benzene rings is 1. The van der Waals surface area contributed by atoms with E-state index in [1.165, 1.54) is 0 Å². The molecule has 6 rings (SSSR count). The molecule has 5 heteroatoms. The van der Waals surface area contributed by atoms with E-state index >= 15 is 0 Å². The van der Waals surface area contributed by atoms with Gasteiger partial charge in [-0.3, -0.25) is 4.79 Å². The first-order valence-electron chi connectivity index (χ1n) is 16.2. The minimum Gasteiger partial charge on any atom is -0.611 e. The van der Waals surface area contributed by atoms with Crippen LogP contribution in [-0.4, -0.2) is 21.9 Å². The summed E-state index contributed by atoms with van der Waals surface area (Å²) in [6.07, 6.45) is 9.62. The van der Waals surface area contributed by atoms with Gasteiger partial charge in [-0.2, -0.15) is 0 Å². The van der Waals surface area contributed by atoms with Crippen LogP contribution in [0.2, 0.25) is 0 Å². The Morgan fingerprint density at radius 1 is 0.905 bits per heavy atom. The summed E-state index contributed by atoms with van der Waals surface area (Å²) < 4.78 is 13.9. The van der Waals surface area contributed by atoms with Gasteiger partial charge in [0.15, 0.2) is 10.7 Å². The summed E-state index contributed by atoms with van der Waals surface area (Å²) in [6, 6.07) is 9.89. The second kappa shape index (κ2) is 9.55. The van der Waals surface area contributed by atoms with Gasteiger partial charge in [0.1, 0.15) is 11.5 Å². The summed E-state index contributed by atoms with van der Waals surface area (Å²) in [5.41, 5.74) is -0.897. The van der Waals surface area contributed by atoms with Crippen molar-refractivity contribution in [3.05, 3.63) is 53.5 Å². The molecule has 0 bridgehead atoms. The number of rotatable bonds is 3. The van der Waals surface area contributed by atoms with Gasteiger partial charge in [-0.1, -0.05) is 72.7 Å². The van der Waals surface area contributed by atoms with Gasteiger partial charge in [-0.15, -0.1) is 0 Å². The molecule has 0 amide bonds. The molecule has 4 nitrogen and oxygen atoms in total. The smallest absolute Gasteiger partial charge is 0.226 e. The van der Waals surface area contributed by atoms with Crippen molar-refractivity contribution in [3.63, 3.8) is 0 Å². The van der Waals surface area contributed by atoms with Gasteiger partial charge in [-0.05, 0) is 108 Å². The van der Waals surface area contributed by atoms with Crippen molar-refractivity contribution in [2.24, 2.45) is 56.2 Å². The van der Waals surface area contributed by atoms with E-state index in [4.69, 9.17) is 6.57 Å². The third-order valence-corrected chi connectivity index (χ3v) is 15.7. The van der Waals surface area contributed by atoms with Crippen molar-refractivity contribution < 1.29 is 14.1 Å². The van der Waals surface area contributed by atoms with E-state index in [1.54, 1.807) is 0 Å². The summed E-state index contributed by atoms with van der Waals surface area (Å²) in [5, 5.41) is 0. The number of carbonyl (C=O) groups is 2. The Balaban J connectivity index is 1.42. The lowest BCUT2D eigenvalue weighted by molar-refractivity contribution is -0.220. The first-order valence-corrected chi connectivity index (χ1v) is 17.5. The number of fused-ring (bicyclic) bond motifs is 7. The molecule has 4 fully saturated rings. The van der Waals surface area contributed by atoms with Crippen molar-refractivity contribution in [2.75, 3.05) is 5.75 Å². The fraction of sp³-hybridized carbons (Fsp3) is 0.703. The quantitative estimate of drug-likeness (QED) is 0.263. The highest BCUT2D eigenvalue weighted by molar-refractivity contribution is 7.91. The van der Waals surface area contributed by atoms with E-state index < -0.39 is 16.6 Å². The molecule has 1 aromatic rings.